The lowest BCUT2D eigenvalue weighted by atomic mass is 9.93. The molecule has 3 heterocycles. The van der Waals surface area contributed by atoms with Crippen LogP contribution in [0.5, 0.6) is 0 Å². The van der Waals surface area contributed by atoms with Crippen LogP contribution in [0.4, 0.5) is 17.6 Å². The standard InChI is InChI=1S/C14H20ClF4N4OP/c15-11-12(14(18,19)13(11,16)17)20-3-1-4-22-9-10-23-6-2-5-21(8-7-20)25(22,23)24/h1-10H2. The molecule has 142 valence electrons. The highest BCUT2D eigenvalue weighted by Crippen LogP contribution is 2.62. The van der Waals surface area contributed by atoms with Gasteiger partial charge >= 0.3 is 11.8 Å². The van der Waals surface area contributed by atoms with Gasteiger partial charge in [-0.05, 0) is 12.8 Å². The fourth-order valence-corrected chi connectivity index (χ4v) is 7.87. The van der Waals surface area contributed by atoms with Crippen molar-refractivity contribution in [2.75, 3.05) is 52.4 Å². The average Bonchev–Trinajstić information content (AvgIpc) is 2.91. The second-order valence-corrected chi connectivity index (χ2v) is 9.98. The SMILES string of the molecule is O=P12N3CCCN1CCN2CCCN(C1=C(Cl)C(F)(F)C1(F)F)CC3. The first kappa shape index (κ1) is 18.0. The largest absolute Gasteiger partial charge is 0.367 e. The van der Waals surface area contributed by atoms with Crippen molar-refractivity contribution >= 4 is 19.2 Å². The Labute approximate surface area is 148 Å². The molecule has 1 aliphatic carbocycles. The van der Waals surface area contributed by atoms with Crippen LogP contribution >= 0.6 is 19.2 Å². The molecule has 0 aromatic carbocycles. The molecule has 0 N–H and O–H groups in total. The molecule has 4 rings (SSSR count). The monoisotopic (exact) mass is 402 g/mol. The van der Waals surface area contributed by atoms with E-state index < -0.39 is 30.2 Å². The topological polar surface area (TPSA) is 30.0 Å². The number of nitrogens with zero attached hydrogens (tertiary/aromatic N) is 4. The number of hydrogen-bond donors (Lipinski definition) is 0. The molecule has 0 spiro atoms. The summed E-state index contributed by atoms with van der Waals surface area (Å²) in [5.41, 5.74) is -0.770. The average molecular weight is 403 g/mol. The van der Waals surface area contributed by atoms with Gasteiger partial charge in [-0.25, -0.2) is 14.0 Å². The fourth-order valence-electron chi connectivity index (χ4n) is 4.18. The summed E-state index contributed by atoms with van der Waals surface area (Å²) in [6, 6.07) is 0. The molecule has 25 heavy (non-hydrogen) atoms. The summed E-state index contributed by atoms with van der Waals surface area (Å²) >= 11 is 5.51. The van der Waals surface area contributed by atoms with E-state index in [2.05, 4.69) is 0 Å². The molecule has 0 saturated carbocycles. The van der Waals surface area contributed by atoms with E-state index in [1.165, 1.54) is 4.90 Å². The van der Waals surface area contributed by atoms with E-state index in [0.717, 1.165) is 19.5 Å². The molecule has 5 nitrogen and oxygen atoms in total. The van der Waals surface area contributed by atoms with Gasteiger partial charge in [0.1, 0.15) is 10.7 Å². The summed E-state index contributed by atoms with van der Waals surface area (Å²) in [5.74, 6) is -8.54. The van der Waals surface area contributed by atoms with Crippen LogP contribution in [0.15, 0.2) is 10.7 Å². The lowest BCUT2D eigenvalue weighted by molar-refractivity contribution is -0.198. The van der Waals surface area contributed by atoms with Crippen LogP contribution in [0.2, 0.25) is 0 Å². The predicted molar refractivity (Wildman–Crippen MR) is 85.9 cm³/mol. The van der Waals surface area contributed by atoms with Gasteiger partial charge in [0, 0.05) is 52.4 Å². The Bertz CT molecular complexity index is 661. The third-order valence-electron chi connectivity index (χ3n) is 5.52. The van der Waals surface area contributed by atoms with Crippen molar-refractivity contribution in [3.05, 3.63) is 10.7 Å². The van der Waals surface area contributed by atoms with E-state index in [9.17, 15) is 22.1 Å². The van der Waals surface area contributed by atoms with Gasteiger partial charge in [0.05, 0.1) is 0 Å². The summed E-state index contributed by atoms with van der Waals surface area (Å²) in [4.78, 5) is 1.26. The predicted octanol–water partition coefficient (Wildman–Crippen LogP) is 2.86. The molecule has 3 fully saturated rings. The second-order valence-electron chi connectivity index (χ2n) is 6.88. The lowest BCUT2D eigenvalue weighted by Crippen LogP contribution is -2.58. The van der Waals surface area contributed by atoms with Crippen molar-refractivity contribution in [2.45, 2.75) is 24.7 Å². The minimum atomic E-state index is -4.29. The Morgan fingerprint density at radius 3 is 1.76 bits per heavy atom. The van der Waals surface area contributed by atoms with Crippen LogP contribution in [-0.4, -0.2) is 83.1 Å². The quantitative estimate of drug-likeness (QED) is 0.497. The van der Waals surface area contributed by atoms with Crippen molar-refractivity contribution in [3.63, 3.8) is 0 Å². The molecule has 0 bridgehead atoms. The van der Waals surface area contributed by atoms with E-state index in [0.29, 0.717) is 32.6 Å². The van der Waals surface area contributed by atoms with Crippen molar-refractivity contribution in [1.29, 1.82) is 0 Å². The molecule has 0 radical (unpaired) electrons. The normalized spacial score (nSPS) is 36.4. The summed E-state index contributed by atoms with van der Waals surface area (Å²) in [7, 11) is -2.82. The van der Waals surface area contributed by atoms with Gasteiger partial charge in [0.15, 0.2) is 0 Å². The molecule has 4 aliphatic rings. The summed E-state index contributed by atoms with van der Waals surface area (Å²) in [6.07, 6.45) is 1.33. The maximum atomic E-state index is 13.9. The van der Waals surface area contributed by atoms with Gasteiger partial charge < -0.3 is 4.90 Å². The maximum Gasteiger partial charge on any atom is 0.356 e. The minimum absolute atomic E-state index is 0.114. The molecule has 3 aliphatic heterocycles. The summed E-state index contributed by atoms with van der Waals surface area (Å²) in [5, 5.41) is -1.07. The second kappa shape index (κ2) is 5.83. The van der Waals surface area contributed by atoms with Crippen LogP contribution in [0.25, 0.3) is 0 Å². The molecule has 0 amide bonds. The van der Waals surface area contributed by atoms with Crippen LogP contribution < -0.4 is 0 Å². The molecule has 11 heteroatoms. The zero-order valence-corrected chi connectivity index (χ0v) is 15.3. The van der Waals surface area contributed by atoms with Crippen molar-refractivity contribution in [3.8, 4) is 0 Å². The van der Waals surface area contributed by atoms with Crippen molar-refractivity contribution in [1.82, 2.24) is 18.9 Å². The van der Waals surface area contributed by atoms with Crippen LogP contribution in [0, 0.1) is 0 Å². The van der Waals surface area contributed by atoms with Gasteiger partial charge in [0.25, 0.3) is 7.59 Å². The van der Waals surface area contributed by atoms with Crippen LogP contribution in [0.1, 0.15) is 12.8 Å². The number of hydrogen-bond acceptors (Lipinski definition) is 2. The first-order valence-corrected chi connectivity index (χ1v) is 10.4. The Hall–Kier alpha value is -0.340. The highest BCUT2D eigenvalue weighted by atomic mass is 35.5. The third-order valence-corrected chi connectivity index (χ3v) is 9.34. The zero-order chi connectivity index (χ0) is 18.0. The number of rotatable bonds is 1. The van der Waals surface area contributed by atoms with Gasteiger partial charge in [-0.1, -0.05) is 11.6 Å². The number of halogens is 5. The first-order valence-electron chi connectivity index (χ1n) is 8.48. The Balaban J connectivity index is 1.60. The van der Waals surface area contributed by atoms with Gasteiger partial charge in [-0.2, -0.15) is 17.6 Å². The van der Waals surface area contributed by atoms with E-state index in [-0.39, 0.29) is 13.1 Å². The molecular formula is C14H20ClF4N4OP. The Morgan fingerprint density at radius 1 is 0.760 bits per heavy atom. The van der Waals surface area contributed by atoms with Gasteiger partial charge in [-0.3, -0.25) is 4.57 Å². The highest BCUT2D eigenvalue weighted by molar-refractivity contribution is 7.56. The van der Waals surface area contributed by atoms with Crippen LogP contribution in [-0.2, 0) is 4.57 Å². The van der Waals surface area contributed by atoms with Crippen LogP contribution in [0.3, 0.4) is 0 Å². The molecule has 0 aromatic heterocycles. The van der Waals surface area contributed by atoms with Gasteiger partial charge in [-0.15, -0.1) is 0 Å². The number of allylic oxidation sites excluding steroid dienone is 2. The zero-order valence-electron chi connectivity index (χ0n) is 13.6. The van der Waals surface area contributed by atoms with Crippen molar-refractivity contribution < 1.29 is 22.1 Å². The molecular weight excluding hydrogens is 383 g/mol. The molecule has 1 unspecified atom stereocenters. The lowest BCUT2D eigenvalue weighted by Gasteiger charge is -2.45. The van der Waals surface area contributed by atoms with E-state index >= 15 is 0 Å². The number of alkyl halides is 4. The molecule has 0 aromatic rings. The molecule has 3 saturated heterocycles. The van der Waals surface area contributed by atoms with E-state index in [1.54, 1.807) is 0 Å². The minimum Gasteiger partial charge on any atom is -0.367 e. The highest BCUT2D eigenvalue weighted by Gasteiger charge is 2.72. The summed E-state index contributed by atoms with van der Waals surface area (Å²) in [6.45, 7) is 3.93. The molecule has 1 atom stereocenters. The third kappa shape index (κ3) is 2.35. The Kier molecular flexibility index (Phi) is 4.21. The first-order chi connectivity index (χ1) is 11.7. The fraction of sp³-hybridized carbons (Fsp3) is 0.857. The summed E-state index contributed by atoms with van der Waals surface area (Å²) < 4.78 is 73.9. The van der Waals surface area contributed by atoms with Crippen molar-refractivity contribution in [2.24, 2.45) is 0 Å². The smallest absolute Gasteiger partial charge is 0.356 e. The Morgan fingerprint density at radius 2 is 1.24 bits per heavy atom. The van der Waals surface area contributed by atoms with E-state index in [1.807, 2.05) is 14.0 Å². The van der Waals surface area contributed by atoms with Gasteiger partial charge in [0.2, 0.25) is 0 Å². The maximum absolute atomic E-state index is 13.9. The van der Waals surface area contributed by atoms with E-state index in [4.69, 9.17) is 11.6 Å².